The van der Waals surface area contributed by atoms with Crippen molar-refractivity contribution in [1.29, 1.82) is 0 Å². The molecule has 4 heteroatoms. The van der Waals surface area contributed by atoms with E-state index in [1.807, 2.05) is 30.8 Å². The van der Waals surface area contributed by atoms with Crippen LogP contribution in [0.5, 0.6) is 11.5 Å². The van der Waals surface area contributed by atoms with Crippen molar-refractivity contribution in [3.05, 3.63) is 23.4 Å². The van der Waals surface area contributed by atoms with Crippen LogP contribution in [-0.4, -0.2) is 17.6 Å². The van der Waals surface area contributed by atoms with E-state index < -0.39 is 0 Å². The molecule has 2 aromatic rings. The highest BCUT2D eigenvalue weighted by molar-refractivity contribution is 5.95. The molecule has 1 heterocycles. The quantitative estimate of drug-likeness (QED) is 0.621. The van der Waals surface area contributed by atoms with Crippen LogP contribution in [0.3, 0.4) is 0 Å². The van der Waals surface area contributed by atoms with Gasteiger partial charge in [-0.25, -0.2) is 0 Å². The molecule has 0 aliphatic rings. The van der Waals surface area contributed by atoms with Gasteiger partial charge in [-0.05, 0) is 25.8 Å². The summed E-state index contributed by atoms with van der Waals surface area (Å²) in [6, 6.07) is 1.98. The van der Waals surface area contributed by atoms with Gasteiger partial charge in [0.05, 0.1) is 12.6 Å². The Bertz CT molecular complexity index is 670. The Hall–Kier alpha value is -1.97. The van der Waals surface area contributed by atoms with Gasteiger partial charge < -0.3 is 14.0 Å². The monoisotopic (exact) mass is 289 g/mol. The smallest absolute Gasteiger partial charge is 0.308 e. The fourth-order valence-corrected chi connectivity index (χ4v) is 2.81. The summed E-state index contributed by atoms with van der Waals surface area (Å²) in [5.41, 5.74) is 3.09. The molecule has 0 fully saturated rings. The maximum Gasteiger partial charge on any atom is 0.308 e. The Morgan fingerprint density at radius 3 is 2.62 bits per heavy atom. The van der Waals surface area contributed by atoms with Gasteiger partial charge >= 0.3 is 5.97 Å². The number of unbranched alkanes of at least 4 members (excludes halogenated alkanes) is 1. The van der Waals surface area contributed by atoms with E-state index in [4.69, 9.17) is 9.47 Å². The fourth-order valence-electron chi connectivity index (χ4n) is 2.81. The van der Waals surface area contributed by atoms with Crippen molar-refractivity contribution in [2.45, 2.75) is 40.0 Å². The number of carbonyl (C=O) groups excluding carboxylic acids is 1. The molecule has 0 atom stereocenters. The standard InChI is InChI=1S/C17H23NO3/c1-6-7-8-13-11(2)16(20-5)15-14(9-10-18(15)4)17(13)21-12(3)19/h9-10H,6-8H2,1-5H3. The van der Waals surface area contributed by atoms with Crippen LogP contribution in [0.4, 0.5) is 0 Å². The molecule has 0 radical (unpaired) electrons. The predicted octanol–water partition coefficient (Wildman–Crippen LogP) is 3.76. The van der Waals surface area contributed by atoms with Crippen molar-refractivity contribution in [2.75, 3.05) is 7.11 Å². The lowest BCUT2D eigenvalue weighted by molar-refractivity contribution is -0.131. The van der Waals surface area contributed by atoms with Crippen LogP contribution in [0.25, 0.3) is 10.9 Å². The zero-order chi connectivity index (χ0) is 15.6. The lowest BCUT2D eigenvalue weighted by atomic mass is 9.98. The van der Waals surface area contributed by atoms with E-state index in [2.05, 4.69) is 6.92 Å². The molecule has 0 N–H and O–H groups in total. The van der Waals surface area contributed by atoms with Gasteiger partial charge in [0.1, 0.15) is 11.5 Å². The highest BCUT2D eigenvalue weighted by atomic mass is 16.5. The third-order valence-corrected chi connectivity index (χ3v) is 3.83. The Morgan fingerprint density at radius 1 is 1.33 bits per heavy atom. The van der Waals surface area contributed by atoms with Crippen LogP contribution in [0.15, 0.2) is 12.3 Å². The van der Waals surface area contributed by atoms with E-state index >= 15 is 0 Å². The lowest BCUT2D eigenvalue weighted by Gasteiger charge is -2.18. The largest absolute Gasteiger partial charge is 0.494 e. The number of aromatic nitrogens is 1. The molecule has 4 nitrogen and oxygen atoms in total. The first-order valence-electron chi connectivity index (χ1n) is 7.34. The highest BCUT2D eigenvalue weighted by Gasteiger charge is 2.21. The Balaban J connectivity index is 2.77. The average molecular weight is 289 g/mol. The van der Waals surface area contributed by atoms with Crippen LogP contribution < -0.4 is 9.47 Å². The predicted molar refractivity (Wildman–Crippen MR) is 84.1 cm³/mol. The minimum Gasteiger partial charge on any atom is -0.494 e. The van der Waals surface area contributed by atoms with Gasteiger partial charge in [-0.2, -0.15) is 0 Å². The number of methoxy groups -OCH3 is 1. The molecular weight excluding hydrogens is 266 g/mol. The van der Waals surface area contributed by atoms with Crippen LogP contribution in [0, 0.1) is 6.92 Å². The first-order chi connectivity index (χ1) is 10.0. The fraction of sp³-hybridized carbons (Fsp3) is 0.471. The molecule has 21 heavy (non-hydrogen) atoms. The van der Waals surface area contributed by atoms with Gasteiger partial charge in [0.25, 0.3) is 0 Å². The van der Waals surface area contributed by atoms with Crippen molar-refractivity contribution >= 4 is 16.9 Å². The van der Waals surface area contributed by atoms with Gasteiger partial charge in [0.2, 0.25) is 0 Å². The Morgan fingerprint density at radius 2 is 2.05 bits per heavy atom. The molecule has 0 amide bonds. The van der Waals surface area contributed by atoms with E-state index in [-0.39, 0.29) is 5.97 Å². The zero-order valence-corrected chi connectivity index (χ0v) is 13.4. The molecule has 1 aromatic heterocycles. The number of rotatable bonds is 5. The summed E-state index contributed by atoms with van der Waals surface area (Å²) in [6.07, 6.45) is 4.99. The minimum atomic E-state index is -0.289. The molecule has 0 saturated carbocycles. The maximum absolute atomic E-state index is 11.5. The summed E-state index contributed by atoms with van der Waals surface area (Å²) in [5, 5.41) is 0.932. The minimum absolute atomic E-state index is 0.289. The number of fused-ring (bicyclic) bond motifs is 1. The van der Waals surface area contributed by atoms with Gasteiger partial charge in [-0.1, -0.05) is 13.3 Å². The third-order valence-electron chi connectivity index (χ3n) is 3.83. The first-order valence-corrected chi connectivity index (χ1v) is 7.34. The molecule has 0 aliphatic carbocycles. The second-order valence-electron chi connectivity index (χ2n) is 5.35. The second-order valence-corrected chi connectivity index (χ2v) is 5.35. The summed E-state index contributed by atoms with van der Waals surface area (Å²) in [7, 11) is 3.65. The molecule has 2 rings (SSSR count). The van der Waals surface area contributed by atoms with Crippen molar-refractivity contribution in [3.8, 4) is 11.5 Å². The van der Waals surface area contributed by atoms with Crippen LogP contribution in [0.2, 0.25) is 0 Å². The molecule has 114 valence electrons. The van der Waals surface area contributed by atoms with Gasteiger partial charge in [0.15, 0.2) is 0 Å². The summed E-state index contributed by atoms with van der Waals surface area (Å²) >= 11 is 0. The molecule has 0 saturated heterocycles. The van der Waals surface area contributed by atoms with E-state index in [1.54, 1.807) is 7.11 Å². The number of benzene rings is 1. The molecule has 0 bridgehead atoms. The molecule has 1 aromatic carbocycles. The van der Waals surface area contributed by atoms with Crippen molar-refractivity contribution in [2.24, 2.45) is 7.05 Å². The van der Waals surface area contributed by atoms with Crippen molar-refractivity contribution in [1.82, 2.24) is 4.57 Å². The number of nitrogens with zero attached hydrogens (tertiary/aromatic N) is 1. The van der Waals surface area contributed by atoms with Gasteiger partial charge in [-0.3, -0.25) is 4.79 Å². The third kappa shape index (κ3) is 2.75. The average Bonchev–Trinajstić information content (AvgIpc) is 2.80. The number of hydrogen-bond donors (Lipinski definition) is 0. The molecule has 0 aliphatic heterocycles. The number of hydrogen-bond acceptors (Lipinski definition) is 3. The Kier molecular flexibility index (Phi) is 4.56. The van der Waals surface area contributed by atoms with Gasteiger partial charge in [-0.15, -0.1) is 0 Å². The van der Waals surface area contributed by atoms with Crippen LogP contribution in [-0.2, 0) is 18.3 Å². The topological polar surface area (TPSA) is 40.5 Å². The highest BCUT2D eigenvalue weighted by Crippen LogP contribution is 2.41. The maximum atomic E-state index is 11.5. The normalized spacial score (nSPS) is 10.9. The molecule has 0 spiro atoms. The molecular formula is C17H23NO3. The van der Waals surface area contributed by atoms with E-state index in [0.717, 1.165) is 47.0 Å². The zero-order valence-electron chi connectivity index (χ0n) is 13.4. The number of carbonyl (C=O) groups is 1. The van der Waals surface area contributed by atoms with Crippen LogP contribution >= 0.6 is 0 Å². The van der Waals surface area contributed by atoms with Crippen molar-refractivity contribution < 1.29 is 14.3 Å². The SMILES string of the molecule is CCCCc1c(C)c(OC)c2c(ccn2C)c1OC(C)=O. The van der Waals surface area contributed by atoms with E-state index in [9.17, 15) is 4.79 Å². The van der Waals surface area contributed by atoms with Gasteiger partial charge in [0, 0.05) is 36.7 Å². The number of aryl methyl sites for hydroxylation is 1. The van der Waals surface area contributed by atoms with Crippen molar-refractivity contribution in [3.63, 3.8) is 0 Å². The van der Waals surface area contributed by atoms with E-state index in [0.29, 0.717) is 5.75 Å². The summed E-state index contributed by atoms with van der Waals surface area (Å²) in [5.74, 6) is 1.26. The summed E-state index contributed by atoms with van der Waals surface area (Å²) in [6.45, 7) is 5.63. The number of esters is 1. The lowest BCUT2D eigenvalue weighted by Crippen LogP contribution is -2.07. The summed E-state index contributed by atoms with van der Waals surface area (Å²) in [4.78, 5) is 11.5. The van der Waals surface area contributed by atoms with Crippen LogP contribution in [0.1, 0.15) is 37.8 Å². The number of ether oxygens (including phenoxy) is 2. The first kappa shape index (κ1) is 15.4. The second kappa shape index (κ2) is 6.20. The summed E-state index contributed by atoms with van der Waals surface area (Å²) < 4.78 is 13.2. The molecule has 0 unspecified atom stereocenters. The Labute approximate surface area is 125 Å². The van der Waals surface area contributed by atoms with E-state index in [1.165, 1.54) is 6.92 Å².